The maximum atomic E-state index is 13.1. The van der Waals surface area contributed by atoms with Crippen LogP contribution in [0.3, 0.4) is 0 Å². The Balaban J connectivity index is 1.39. The number of carboxylic acid groups (broad SMARTS) is 1. The Morgan fingerprint density at radius 1 is 0.833 bits per heavy atom. The molecular formula is C29H23N2O5-. The molecule has 180 valence electrons. The SMILES string of the molecule is O=C([O-])c1ccc(COc2ccc(/C=N\NC(=O)C(O)(c3ccccc3)c3ccccc3)cc2)cc1. The van der Waals surface area contributed by atoms with Crippen molar-refractivity contribution in [2.75, 3.05) is 0 Å². The van der Waals surface area contributed by atoms with Crippen molar-refractivity contribution in [1.82, 2.24) is 5.43 Å². The molecule has 4 rings (SSSR count). The summed E-state index contributed by atoms with van der Waals surface area (Å²) in [5, 5.41) is 26.3. The zero-order valence-electron chi connectivity index (χ0n) is 19.2. The second-order valence-electron chi connectivity index (χ2n) is 7.98. The number of aliphatic hydroxyl groups is 1. The Hall–Kier alpha value is -4.75. The molecule has 2 N–H and O–H groups in total. The normalized spacial score (nSPS) is 11.2. The van der Waals surface area contributed by atoms with Crippen LogP contribution in [0.1, 0.15) is 32.6 Å². The number of aromatic carboxylic acids is 1. The highest BCUT2D eigenvalue weighted by Gasteiger charge is 2.39. The molecule has 0 aromatic heterocycles. The first-order valence-corrected chi connectivity index (χ1v) is 11.2. The van der Waals surface area contributed by atoms with E-state index in [2.05, 4.69) is 10.5 Å². The average molecular weight is 480 g/mol. The van der Waals surface area contributed by atoms with E-state index in [-0.39, 0.29) is 12.2 Å². The van der Waals surface area contributed by atoms with Crippen LogP contribution in [0.2, 0.25) is 0 Å². The molecule has 1 amide bonds. The van der Waals surface area contributed by atoms with Gasteiger partial charge in [0, 0.05) is 0 Å². The summed E-state index contributed by atoms with van der Waals surface area (Å²) in [6.07, 6.45) is 1.47. The molecule has 0 unspecified atom stereocenters. The Morgan fingerprint density at radius 3 is 1.92 bits per heavy atom. The van der Waals surface area contributed by atoms with Crippen molar-refractivity contribution in [3.63, 3.8) is 0 Å². The van der Waals surface area contributed by atoms with Gasteiger partial charge in [-0.2, -0.15) is 5.10 Å². The fourth-order valence-electron chi connectivity index (χ4n) is 3.59. The number of hydrazone groups is 1. The van der Waals surface area contributed by atoms with E-state index in [1.54, 1.807) is 84.9 Å². The minimum atomic E-state index is -1.91. The molecule has 4 aromatic rings. The lowest BCUT2D eigenvalue weighted by atomic mass is 9.85. The van der Waals surface area contributed by atoms with Crippen molar-refractivity contribution < 1.29 is 24.5 Å². The van der Waals surface area contributed by atoms with Crippen molar-refractivity contribution >= 4 is 18.1 Å². The van der Waals surface area contributed by atoms with Gasteiger partial charge < -0.3 is 19.7 Å². The standard InChI is InChI=1S/C29H24N2O5/c32-27(33)23-15-11-22(12-16-23)20-36-26-17-13-21(14-18-26)19-30-31-28(34)29(35,24-7-3-1-4-8-24)25-9-5-2-6-10-25/h1-19,35H,20H2,(H,31,34)(H,32,33)/p-1/b30-19-. The fourth-order valence-corrected chi connectivity index (χ4v) is 3.59. The van der Waals surface area contributed by atoms with Gasteiger partial charge in [-0.15, -0.1) is 0 Å². The number of benzene rings is 4. The number of nitrogens with zero attached hydrogens (tertiary/aromatic N) is 1. The maximum Gasteiger partial charge on any atom is 0.281 e. The number of hydrogen-bond acceptors (Lipinski definition) is 6. The Bertz CT molecular complexity index is 1300. The first-order chi connectivity index (χ1) is 17.5. The number of carboxylic acids is 1. The zero-order valence-corrected chi connectivity index (χ0v) is 19.2. The average Bonchev–Trinajstić information content (AvgIpc) is 2.93. The van der Waals surface area contributed by atoms with Gasteiger partial charge in [0.1, 0.15) is 12.4 Å². The van der Waals surface area contributed by atoms with E-state index in [1.807, 2.05) is 12.1 Å². The maximum absolute atomic E-state index is 13.1. The summed E-state index contributed by atoms with van der Waals surface area (Å²) in [5.41, 5.74) is 3.04. The van der Waals surface area contributed by atoms with Crippen LogP contribution in [-0.2, 0) is 17.0 Å². The first-order valence-electron chi connectivity index (χ1n) is 11.2. The van der Waals surface area contributed by atoms with E-state index >= 15 is 0 Å². The van der Waals surface area contributed by atoms with Crippen molar-refractivity contribution in [3.05, 3.63) is 137 Å². The second-order valence-corrected chi connectivity index (χ2v) is 7.98. The van der Waals surface area contributed by atoms with Crippen LogP contribution >= 0.6 is 0 Å². The van der Waals surface area contributed by atoms with Crippen LogP contribution < -0.4 is 15.3 Å². The molecule has 0 radical (unpaired) electrons. The molecule has 0 heterocycles. The molecule has 0 bridgehead atoms. The van der Waals surface area contributed by atoms with E-state index in [4.69, 9.17) is 4.74 Å². The van der Waals surface area contributed by atoms with E-state index < -0.39 is 17.5 Å². The van der Waals surface area contributed by atoms with Gasteiger partial charge in [0.05, 0.1) is 12.2 Å². The van der Waals surface area contributed by atoms with Crippen LogP contribution in [-0.4, -0.2) is 23.2 Å². The number of hydrogen-bond donors (Lipinski definition) is 2. The van der Waals surface area contributed by atoms with Gasteiger partial charge in [-0.25, -0.2) is 5.43 Å². The summed E-state index contributed by atoms with van der Waals surface area (Å²) in [6, 6.07) is 30.7. The Kier molecular flexibility index (Phi) is 7.53. The van der Waals surface area contributed by atoms with Crippen LogP contribution in [0.5, 0.6) is 5.75 Å². The monoisotopic (exact) mass is 479 g/mol. The van der Waals surface area contributed by atoms with Crippen LogP contribution in [0.4, 0.5) is 0 Å². The fraction of sp³-hybridized carbons (Fsp3) is 0.0690. The second kappa shape index (κ2) is 11.1. The molecule has 0 saturated heterocycles. The number of rotatable bonds is 9. The summed E-state index contributed by atoms with van der Waals surface area (Å²) in [6.45, 7) is 0.272. The molecule has 36 heavy (non-hydrogen) atoms. The summed E-state index contributed by atoms with van der Waals surface area (Å²) in [7, 11) is 0. The number of carbonyl (C=O) groups excluding carboxylic acids is 2. The number of nitrogens with one attached hydrogen (secondary N) is 1. The summed E-state index contributed by atoms with van der Waals surface area (Å²) < 4.78 is 5.72. The van der Waals surface area contributed by atoms with Gasteiger partial charge in [-0.3, -0.25) is 4.79 Å². The van der Waals surface area contributed by atoms with Crippen molar-refractivity contribution in [2.24, 2.45) is 5.10 Å². The molecule has 0 spiro atoms. The molecule has 0 aliphatic carbocycles. The van der Waals surface area contributed by atoms with Gasteiger partial charge in [-0.1, -0.05) is 84.9 Å². The smallest absolute Gasteiger partial charge is 0.281 e. The minimum absolute atomic E-state index is 0.112. The van der Waals surface area contributed by atoms with E-state index in [0.717, 1.165) is 5.56 Å². The molecule has 7 nitrogen and oxygen atoms in total. The highest BCUT2D eigenvalue weighted by atomic mass is 16.5. The van der Waals surface area contributed by atoms with Crippen molar-refractivity contribution in [3.8, 4) is 5.75 Å². The third-order valence-electron chi connectivity index (χ3n) is 5.57. The van der Waals surface area contributed by atoms with E-state index in [9.17, 15) is 19.8 Å². The van der Waals surface area contributed by atoms with Crippen LogP contribution in [0.25, 0.3) is 0 Å². The summed E-state index contributed by atoms with van der Waals surface area (Å²) >= 11 is 0. The quantitative estimate of drug-likeness (QED) is 0.283. The Labute approximate surface area is 208 Å². The van der Waals surface area contributed by atoms with Crippen LogP contribution in [0, 0.1) is 0 Å². The number of ether oxygens (including phenoxy) is 1. The summed E-state index contributed by atoms with van der Waals surface area (Å²) in [5.74, 6) is -1.29. The molecule has 0 aliphatic heterocycles. The largest absolute Gasteiger partial charge is 0.545 e. The van der Waals surface area contributed by atoms with Crippen molar-refractivity contribution in [2.45, 2.75) is 12.2 Å². The molecule has 7 heteroatoms. The molecule has 0 fully saturated rings. The molecule has 4 aromatic carbocycles. The van der Waals surface area contributed by atoms with Gasteiger partial charge in [0.15, 0.2) is 5.60 Å². The number of amides is 1. The molecule has 0 saturated carbocycles. The number of carbonyl (C=O) groups is 2. The van der Waals surface area contributed by atoms with E-state index in [1.165, 1.54) is 18.3 Å². The van der Waals surface area contributed by atoms with Crippen LogP contribution in [0.15, 0.2) is 114 Å². The third kappa shape index (κ3) is 5.65. The highest BCUT2D eigenvalue weighted by molar-refractivity contribution is 5.91. The topological polar surface area (TPSA) is 111 Å². The zero-order chi connectivity index (χ0) is 25.4. The first kappa shape index (κ1) is 24.4. The predicted molar refractivity (Wildman–Crippen MR) is 133 cm³/mol. The minimum Gasteiger partial charge on any atom is -0.545 e. The van der Waals surface area contributed by atoms with Gasteiger partial charge in [-0.05, 0) is 52.1 Å². The summed E-state index contributed by atoms with van der Waals surface area (Å²) in [4.78, 5) is 23.9. The van der Waals surface area contributed by atoms with Crippen molar-refractivity contribution in [1.29, 1.82) is 0 Å². The molecule has 0 aliphatic rings. The lowest BCUT2D eigenvalue weighted by molar-refractivity contribution is -0.255. The van der Waals surface area contributed by atoms with Gasteiger partial charge >= 0.3 is 0 Å². The van der Waals surface area contributed by atoms with E-state index in [0.29, 0.717) is 22.4 Å². The molecule has 0 atom stereocenters. The highest BCUT2D eigenvalue weighted by Crippen LogP contribution is 2.29. The van der Waals surface area contributed by atoms with Gasteiger partial charge in [0.25, 0.3) is 5.91 Å². The predicted octanol–water partition coefficient (Wildman–Crippen LogP) is 3.02. The van der Waals surface area contributed by atoms with Gasteiger partial charge in [0.2, 0.25) is 0 Å². The lowest BCUT2D eigenvalue weighted by Crippen LogP contribution is -2.43. The Morgan fingerprint density at radius 2 is 1.39 bits per heavy atom. The third-order valence-corrected chi connectivity index (χ3v) is 5.57. The lowest BCUT2D eigenvalue weighted by Gasteiger charge is -2.27. The molecular weight excluding hydrogens is 456 g/mol.